The molecule has 0 unspecified atom stereocenters. The van der Waals surface area contributed by atoms with E-state index in [4.69, 9.17) is 11.0 Å². The minimum atomic E-state index is 0.631. The third kappa shape index (κ3) is 3.63. The van der Waals surface area contributed by atoms with E-state index in [1.807, 2.05) is 47.7 Å². The molecule has 0 spiro atoms. The number of thiophene rings is 1. The number of fused-ring (bicyclic) bond motifs is 12. The summed E-state index contributed by atoms with van der Waals surface area (Å²) in [6.45, 7) is 7.58. The predicted octanol–water partition coefficient (Wildman–Crippen LogP) is 12.6. The van der Waals surface area contributed by atoms with Gasteiger partial charge in [-0.1, -0.05) is 42.5 Å². The summed E-state index contributed by atoms with van der Waals surface area (Å²) in [4.78, 5) is 3.69. The molecule has 0 amide bonds. The summed E-state index contributed by atoms with van der Waals surface area (Å²) in [7, 11) is 0. The average molecular weight is 655 g/mol. The maximum absolute atomic E-state index is 9.82. The van der Waals surface area contributed by atoms with Gasteiger partial charge in [-0.05, 0) is 96.4 Å². The number of nitriles is 1. The molecule has 0 fully saturated rings. The lowest BCUT2D eigenvalue weighted by atomic mass is 10.1. The molecule has 5 nitrogen and oxygen atoms in total. The van der Waals surface area contributed by atoms with Gasteiger partial charge in [-0.25, -0.2) is 4.85 Å². The summed E-state index contributed by atoms with van der Waals surface area (Å²) in [6, 6.07) is 48.6. The quantitative estimate of drug-likeness (QED) is 0.174. The summed E-state index contributed by atoms with van der Waals surface area (Å²) in [5.74, 6) is 0. The predicted molar refractivity (Wildman–Crippen MR) is 206 cm³/mol. The number of hydrogen-bond acceptors (Lipinski definition) is 3. The van der Waals surface area contributed by atoms with E-state index in [0.717, 1.165) is 76.9 Å². The van der Waals surface area contributed by atoms with Crippen molar-refractivity contribution >= 4 is 103 Å². The summed E-state index contributed by atoms with van der Waals surface area (Å²) < 4.78 is 13.5. The third-order valence-corrected chi connectivity index (χ3v) is 11.3. The van der Waals surface area contributed by atoms with Crippen LogP contribution in [0.4, 0.5) is 5.69 Å². The zero-order valence-corrected chi connectivity index (χ0v) is 27.1. The molecule has 11 rings (SSSR count). The van der Waals surface area contributed by atoms with E-state index in [1.54, 1.807) is 0 Å². The van der Waals surface area contributed by atoms with Gasteiger partial charge in [-0.3, -0.25) is 0 Å². The van der Waals surface area contributed by atoms with Crippen LogP contribution in [0.2, 0.25) is 0 Å². The molecule has 50 heavy (non-hydrogen) atoms. The zero-order valence-electron chi connectivity index (χ0n) is 26.3. The van der Waals surface area contributed by atoms with Crippen LogP contribution in [0.25, 0.3) is 102 Å². The van der Waals surface area contributed by atoms with Gasteiger partial charge in [0.25, 0.3) is 0 Å². The second-order valence-corrected chi connectivity index (χ2v) is 13.9. The van der Waals surface area contributed by atoms with Gasteiger partial charge in [0.15, 0.2) is 5.69 Å². The van der Waals surface area contributed by atoms with Crippen LogP contribution in [0.3, 0.4) is 0 Å². The van der Waals surface area contributed by atoms with Crippen molar-refractivity contribution in [2.75, 3.05) is 0 Å². The van der Waals surface area contributed by atoms with Gasteiger partial charge in [0.2, 0.25) is 0 Å². The molecule has 4 heterocycles. The van der Waals surface area contributed by atoms with E-state index in [-0.39, 0.29) is 0 Å². The topological polar surface area (TPSA) is 51.1 Å². The first-order chi connectivity index (χ1) is 24.7. The van der Waals surface area contributed by atoms with Gasteiger partial charge in [0.1, 0.15) is 11.2 Å². The van der Waals surface area contributed by atoms with Gasteiger partial charge in [-0.2, -0.15) is 5.26 Å². The highest BCUT2D eigenvalue weighted by Gasteiger charge is 2.19. The number of aromatic nitrogens is 2. The fourth-order valence-electron chi connectivity index (χ4n) is 7.93. The monoisotopic (exact) mass is 654 g/mol. The molecule has 230 valence electrons. The van der Waals surface area contributed by atoms with Crippen molar-refractivity contribution < 1.29 is 4.42 Å². The standard InChI is InChI=1S/C44H22N4OS/c1-46-26-11-15-39-32(19-26)29-6-2-4-8-37(29)47(39)27-12-16-41-34(20-27)35-21-28(13-17-42(35)49-41)48-38-14-10-25(24-45)18-31(38)33-22-36-30-7-3-5-9-43(30)50-44(36)23-40(33)48/h2-23H. The molecule has 11 aromatic rings. The van der Waals surface area contributed by atoms with Crippen LogP contribution in [0.15, 0.2) is 138 Å². The molecule has 0 atom stereocenters. The Morgan fingerprint density at radius 3 is 1.92 bits per heavy atom. The first-order valence-electron chi connectivity index (χ1n) is 16.3. The van der Waals surface area contributed by atoms with E-state index in [0.29, 0.717) is 11.3 Å². The van der Waals surface area contributed by atoms with Crippen molar-refractivity contribution in [2.45, 2.75) is 0 Å². The van der Waals surface area contributed by atoms with E-state index < -0.39 is 0 Å². The molecular weight excluding hydrogens is 633 g/mol. The Bertz CT molecular complexity index is 3360. The lowest BCUT2D eigenvalue weighted by Gasteiger charge is -2.09. The fourth-order valence-corrected chi connectivity index (χ4v) is 9.05. The van der Waals surface area contributed by atoms with E-state index in [2.05, 4.69) is 117 Å². The molecule has 0 radical (unpaired) electrons. The van der Waals surface area contributed by atoms with Gasteiger partial charge < -0.3 is 13.6 Å². The van der Waals surface area contributed by atoms with E-state index in [9.17, 15) is 5.26 Å². The lowest BCUT2D eigenvalue weighted by Crippen LogP contribution is -1.94. The highest BCUT2D eigenvalue weighted by Crippen LogP contribution is 2.42. The Balaban J connectivity index is 1.17. The van der Waals surface area contributed by atoms with Crippen molar-refractivity contribution in [2.24, 2.45) is 0 Å². The van der Waals surface area contributed by atoms with Crippen LogP contribution >= 0.6 is 11.3 Å². The maximum atomic E-state index is 9.82. The molecule has 0 bridgehead atoms. The minimum Gasteiger partial charge on any atom is -0.456 e. The average Bonchev–Trinajstić information content (AvgIpc) is 3.90. The van der Waals surface area contributed by atoms with Crippen molar-refractivity contribution in [1.29, 1.82) is 5.26 Å². The number of nitrogens with zero attached hydrogens (tertiary/aromatic N) is 4. The molecule has 0 saturated carbocycles. The van der Waals surface area contributed by atoms with Crippen LogP contribution in [0, 0.1) is 17.9 Å². The first-order valence-corrected chi connectivity index (χ1v) is 17.2. The van der Waals surface area contributed by atoms with Crippen LogP contribution < -0.4 is 0 Å². The highest BCUT2D eigenvalue weighted by molar-refractivity contribution is 7.25. The van der Waals surface area contributed by atoms with Crippen molar-refractivity contribution in [1.82, 2.24) is 9.13 Å². The highest BCUT2D eigenvalue weighted by atomic mass is 32.1. The van der Waals surface area contributed by atoms with E-state index in [1.165, 1.54) is 20.2 Å². The smallest absolute Gasteiger partial charge is 0.188 e. The van der Waals surface area contributed by atoms with Gasteiger partial charge >= 0.3 is 0 Å². The number of rotatable bonds is 2. The van der Waals surface area contributed by atoms with Crippen molar-refractivity contribution in [3.05, 3.63) is 150 Å². The summed E-state index contributed by atoms with van der Waals surface area (Å²) in [6.07, 6.45) is 0. The van der Waals surface area contributed by atoms with Crippen LogP contribution in [0.1, 0.15) is 5.56 Å². The second kappa shape index (κ2) is 9.84. The molecule has 4 aromatic heterocycles. The van der Waals surface area contributed by atoms with Crippen LogP contribution in [-0.2, 0) is 0 Å². The Labute approximate surface area is 288 Å². The molecule has 0 N–H and O–H groups in total. The molecular formula is C44H22N4OS. The third-order valence-electron chi connectivity index (χ3n) is 10.1. The zero-order chi connectivity index (χ0) is 33.1. The summed E-state index contributed by atoms with van der Waals surface area (Å²) in [5, 5.41) is 18.7. The van der Waals surface area contributed by atoms with Crippen molar-refractivity contribution in [3.8, 4) is 17.4 Å². The SMILES string of the molecule is [C-]#[N+]c1ccc2c(c1)c1ccccc1n2-c1ccc2oc3ccc(-n4c5ccc(C#N)cc5c5cc6c(cc54)sc4ccccc46)cc3c2c1. The maximum Gasteiger partial charge on any atom is 0.188 e. The summed E-state index contributed by atoms with van der Waals surface area (Å²) >= 11 is 1.81. The number of furan rings is 1. The van der Waals surface area contributed by atoms with E-state index >= 15 is 0 Å². The molecule has 0 aliphatic heterocycles. The normalized spacial score (nSPS) is 12.0. The van der Waals surface area contributed by atoms with Gasteiger partial charge in [0.05, 0.1) is 40.3 Å². The largest absolute Gasteiger partial charge is 0.456 e. The number of benzene rings is 7. The molecule has 0 aliphatic rings. The Kier molecular flexibility index (Phi) is 5.34. The number of hydrogen-bond donors (Lipinski definition) is 0. The van der Waals surface area contributed by atoms with Crippen LogP contribution in [-0.4, -0.2) is 9.13 Å². The van der Waals surface area contributed by atoms with Crippen LogP contribution in [0.5, 0.6) is 0 Å². The lowest BCUT2D eigenvalue weighted by molar-refractivity contribution is 0.669. The molecule has 0 aliphatic carbocycles. The van der Waals surface area contributed by atoms with Gasteiger partial charge in [0, 0.05) is 58.5 Å². The van der Waals surface area contributed by atoms with Gasteiger partial charge in [-0.15, -0.1) is 11.3 Å². The minimum absolute atomic E-state index is 0.631. The second-order valence-electron chi connectivity index (χ2n) is 12.8. The first kappa shape index (κ1) is 27.1. The Morgan fingerprint density at radius 1 is 0.520 bits per heavy atom. The Hall–Kier alpha value is -6.86. The molecule has 0 saturated heterocycles. The molecule has 7 aromatic carbocycles. The fraction of sp³-hybridized carbons (Fsp3) is 0. The number of para-hydroxylation sites is 1. The summed E-state index contributed by atoms with van der Waals surface area (Å²) in [5.41, 5.74) is 9.28. The van der Waals surface area contributed by atoms with Crippen molar-refractivity contribution in [3.63, 3.8) is 0 Å². The molecule has 6 heteroatoms. The Morgan fingerprint density at radius 2 is 1.16 bits per heavy atom.